The van der Waals surface area contributed by atoms with Crippen molar-refractivity contribution < 1.29 is 9.84 Å². The predicted octanol–water partition coefficient (Wildman–Crippen LogP) is 1.77. The summed E-state index contributed by atoms with van der Waals surface area (Å²) in [6.45, 7) is 3.17. The topological polar surface area (TPSA) is 73.3 Å². The summed E-state index contributed by atoms with van der Waals surface area (Å²) in [4.78, 5) is 4.03. The molecular weight excluding hydrogens is 218 g/mol. The Labute approximate surface area is 99.5 Å². The summed E-state index contributed by atoms with van der Waals surface area (Å²) in [6, 6.07) is 6.60. The van der Waals surface area contributed by atoms with Gasteiger partial charge in [0.25, 0.3) is 0 Å². The van der Waals surface area contributed by atoms with Gasteiger partial charge in [-0.1, -0.05) is 0 Å². The number of nitrogens with zero attached hydrogens (tertiary/aromatic N) is 2. The molecule has 0 unspecified atom stereocenters. The smallest absolute Gasteiger partial charge is 0.200 e. The number of hydrogen-bond acceptors (Lipinski definition) is 4. The second-order valence-corrected chi connectivity index (χ2v) is 3.63. The molecule has 17 heavy (non-hydrogen) atoms. The van der Waals surface area contributed by atoms with Crippen molar-refractivity contribution >= 4 is 5.95 Å². The second kappa shape index (κ2) is 4.78. The first-order chi connectivity index (χ1) is 8.20. The van der Waals surface area contributed by atoms with Gasteiger partial charge in [0.15, 0.2) is 5.95 Å². The van der Waals surface area contributed by atoms with Crippen LogP contribution in [0, 0.1) is 0 Å². The van der Waals surface area contributed by atoms with Gasteiger partial charge in [-0.15, -0.1) is 0 Å². The van der Waals surface area contributed by atoms with Crippen molar-refractivity contribution in [2.45, 2.75) is 20.1 Å². The molecule has 0 aliphatic rings. The van der Waals surface area contributed by atoms with E-state index < -0.39 is 0 Å². The number of phenols is 1. The second-order valence-electron chi connectivity index (χ2n) is 3.63. The highest BCUT2D eigenvalue weighted by molar-refractivity contribution is 5.30. The lowest BCUT2D eigenvalue weighted by molar-refractivity contribution is 0.295. The molecular formula is C12H15N3O2. The van der Waals surface area contributed by atoms with Crippen molar-refractivity contribution in [1.29, 1.82) is 0 Å². The van der Waals surface area contributed by atoms with Gasteiger partial charge in [0, 0.05) is 6.54 Å². The van der Waals surface area contributed by atoms with Gasteiger partial charge < -0.3 is 20.1 Å². The molecule has 0 aliphatic carbocycles. The summed E-state index contributed by atoms with van der Waals surface area (Å²) < 4.78 is 7.46. The van der Waals surface area contributed by atoms with Crippen LogP contribution in [0.4, 0.5) is 5.95 Å². The van der Waals surface area contributed by atoms with Gasteiger partial charge in [-0.25, -0.2) is 4.98 Å². The molecule has 3 N–H and O–H groups in total. The van der Waals surface area contributed by atoms with E-state index in [2.05, 4.69) is 4.98 Å². The van der Waals surface area contributed by atoms with Gasteiger partial charge >= 0.3 is 0 Å². The van der Waals surface area contributed by atoms with Crippen molar-refractivity contribution in [3.63, 3.8) is 0 Å². The third kappa shape index (κ3) is 2.50. The number of imidazole rings is 1. The number of nitrogens with two attached hydrogens (primary N) is 1. The normalized spacial score (nSPS) is 10.4. The molecule has 0 bridgehead atoms. The maximum absolute atomic E-state index is 9.14. The lowest BCUT2D eigenvalue weighted by atomic mass is 10.3. The van der Waals surface area contributed by atoms with Crippen LogP contribution in [0.25, 0.3) is 0 Å². The Hall–Kier alpha value is -2.17. The van der Waals surface area contributed by atoms with Crippen LogP contribution in [-0.2, 0) is 13.2 Å². The summed E-state index contributed by atoms with van der Waals surface area (Å²) in [7, 11) is 0. The Bertz CT molecular complexity index is 491. The Balaban J connectivity index is 2.04. The van der Waals surface area contributed by atoms with Crippen LogP contribution in [0.5, 0.6) is 11.5 Å². The number of aromatic hydroxyl groups is 1. The van der Waals surface area contributed by atoms with E-state index in [4.69, 9.17) is 15.6 Å². The molecule has 1 heterocycles. The van der Waals surface area contributed by atoms with E-state index in [0.717, 1.165) is 12.2 Å². The van der Waals surface area contributed by atoms with Crippen molar-refractivity contribution in [2.24, 2.45) is 0 Å². The van der Waals surface area contributed by atoms with E-state index in [9.17, 15) is 0 Å². The van der Waals surface area contributed by atoms with E-state index in [0.29, 0.717) is 18.3 Å². The molecule has 0 saturated heterocycles. The number of hydrogen-bond donors (Lipinski definition) is 2. The first kappa shape index (κ1) is 11.3. The number of phenolic OH excluding ortho intramolecular Hbond substituents is 1. The quantitative estimate of drug-likeness (QED) is 0.844. The molecule has 0 spiro atoms. The predicted molar refractivity (Wildman–Crippen MR) is 64.8 cm³/mol. The SMILES string of the molecule is CCn1c(COc2ccc(O)cc2)cnc1N. The zero-order chi connectivity index (χ0) is 12.3. The van der Waals surface area contributed by atoms with Crippen LogP contribution >= 0.6 is 0 Å². The first-order valence-corrected chi connectivity index (χ1v) is 5.42. The highest BCUT2D eigenvalue weighted by Crippen LogP contribution is 2.17. The summed E-state index contributed by atoms with van der Waals surface area (Å²) in [5.74, 6) is 1.42. The molecule has 1 aromatic carbocycles. The van der Waals surface area contributed by atoms with Crippen molar-refractivity contribution in [3.8, 4) is 11.5 Å². The van der Waals surface area contributed by atoms with Gasteiger partial charge in [-0.2, -0.15) is 0 Å². The van der Waals surface area contributed by atoms with Crippen LogP contribution in [0.15, 0.2) is 30.5 Å². The first-order valence-electron chi connectivity index (χ1n) is 5.42. The molecule has 1 aromatic heterocycles. The minimum absolute atomic E-state index is 0.222. The average molecular weight is 233 g/mol. The van der Waals surface area contributed by atoms with Gasteiger partial charge in [-0.3, -0.25) is 0 Å². The van der Waals surface area contributed by atoms with E-state index >= 15 is 0 Å². The molecule has 2 rings (SSSR count). The monoisotopic (exact) mass is 233 g/mol. The Morgan fingerprint density at radius 2 is 2.06 bits per heavy atom. The highest BCUT2D eigenvalue weighted by Gasteiger charge is 2.06. The molecule has 5 heteroatoms. The van der Waals surface area contributed by atoms with Crippen LogP contribution in [0.1, 0.15) is 12.6 Å². The average Bonchev–Trinajstić information content (AvgIpc) is 2.69. The standard InChI is InChI=1S/C12H15N3O2/c1-2-15-9(7-14-12(15)13)8-17-11-5-3-10(16)4-6-11/h3-7,16H,2,8H2,1H3,(H2,13,14). The van der Waals surface area contributed by atoms with Gasteiger partial charge in [0.1, 0.15) is 18.1 Å². The fraction of sp³-hybridized carbons (Fsp3) is 0.250. The largest absolute Gasteiger partial charge is 0.508 e. The lowest BCUT2D eigenvalue weighted by Gasteiger charge is -2.08. The summed E-state index contributed by atoms with van der Waals surface area (Å²) in [5.41, 5.74) is 6.63. The van der Waals surface area contributed by atoms with Crippen LogP contribution in [0.2, 0.25) is 0 Å². The van der Waals surface area contributed by atoms with Crippen LogP contribution in [0.3, 0.4) is 0 Å². The summed E-state index contributed by atoms with van der Waals surface area (Å²) in [5, 5.41) is 9.14. The minimum Gasteiger partial charge on any atom is -0.508 e. The molecule has 2 aromatic rings. The maximum atomic E-state index is 9.14. The fourth-order valence-electron chi connectivity index (χ4n) is 1.61. The van der Waals surface area contributed by atoms with Gasteiger partial charge in [-0.05, 0) is 31.2 Å². The number of aromatic nitrogens is 2. The molecule has 0 atom stereocenters. The Kier molecular flexibility index (Phi) is 3.18. The summed E-state index contributed by atoms with van der Waals surface area (Å²) in [6.07, 6.45) is 1.71. The van der Waals surface area contributed by atoms with Crippen molar-refractivity contribution in [3.05, 3.63) is 36.2 Å². The third-order valence-corrected chi connectivity index (χ3v) is 2.51. The van der Waals surface area contributed by atoms with Gasteiger partial charge in [0.05, 0.1) is 11.9 Å². The molecule has 0 aliphatic heterocycles. The van der Waals surface area contributed by atoms with E-state index in [1.807, 2.05) is 11.5 Å². The number of benzene rings is 1. The molecule has 5 nitrogen and oxygen atoms in total. The van der Waals surface area contributed by atoms with Crippen LogP contribution in [-0.4, -0.2) is 14.7 Å². The zero-order valence-corrected chi connectivity index (χ0v) is 9.63. The molecule has 90 valence electrons. The number of ether oxygens (including phenoxy) is 1. The summed E-state index contributed by atoms with van der Waals surface area (Å²) >= 11 is 0. The number of rotatable bonds is 4. The molecule has 0 fully saturated rings. The Morgan fingerprint density at radius 3 is 2.71 bits per heavy atom. The van der Waals surface area contributed by atoms with Gasteiger partial charge in [0.2, 0.25) is 0 Å². The van der Waals surface area contributed by atoms with E-state index in [1.165, 1.54) is 0 Å². The lowest BCUT2D eigenvalue weighted by Crippen LogP contribution is -2.07. The maximum Gasteiger partial charge on any atom is 0.200 e. The number of nitrogen functional groups attached to an aromatic ring is 1. The van der Waals surface area contributed by atoms with Crippen molar-refractivity contribution in [2.75, 3.05) is 5.73 Å². The van der Waals surface area contributed by atoms with E-state index in [1.54, 1.807) is 30.5 Å². The van der Waals surface area contributed by atoms with E-state index in [-0.39, 0.29) is 5.75 Å². The zero-order valence-electron chi connectivity index (χ0n) is 9.63. The number of anilines is 1. The Morgan fingerprint density at radius 1 is 1.35 bits per heavy atom. The molecule has 0 amide bonds. The highest BCUT2D eigenvalue weighted by atomic mass is 16.5. The third-order valence-electron chi connectivity index (χ3n) is 2.51. The minimum atomic E-state index is 0.222. The fourth-order valence-corrected chi connectivity index (χ4v) is 1.61. The molecule has 0 saturated carbocycles. The van der Waals surface area contributed by atoms with Crippen molar-refractivity contribution in [1.82, 2.24) is 9.55 Å². The molecule has 0 radical (unpaired) electrons. The van der Waals surface area contributed by atoms with Crippen LogP contribution < -0.4 is 10.5 Å².